The van der Waals surface area contributed by atoms with Gasteiger partial charge >= 0.3 is 5.97 Å². The van der Waals surface area contributed by atoms with Crippen LogP contribution in [0.15, 0.2) is 91.0 Å². The minimum absolute atomic E-state index is 0.353. The number of carboxylic acids is 1. The van der Waals surface area contributed by atoms with Crippen LogP contribution in [-0.2, 0) is 4.79 Å². The molecule has 0 saturated heterocycles. The highest BCUT2D eigenvalue weighted by Crippen LogP contribution is 2.29. The predicted octanol–water partition coefficient (Wildman–Crippen LogP) is 8.21. The number of carbonyl (C=O) groups is 2. The second kappa shape index (κ2) is 13.9. The number of carbonyl (C=O) groups excluding carboxylic acids is 1. The fourth-order valence-corrected chi connectivity index (χ4v) is 4.77. The number of halogens is 1. The molecule has 4 aromatic carbocycles. The Kier molecular flexibility index (Phi) is 10.1. The van der Waals surface area contributed by atoms with Gasteiger partial charge in [-0.05, 0) is 102 Å². The maximum absolute atomic E-state index is 13.3. The molecule has 0 fully saturated rings. The second-order valence-electron chi connectivity index (χ2n) is 9.22. The van der Waals surface area contributed by atoms with Crippen molar-refractivity contribution in [1.29, 1.82) is 0 Å². The quantitative estimate of drug-likeness (QED) is 0.177. The Morgan fingerprint density at radius 2 is 1.52 bits per heavy atom. The van der Waals surface area contributed by atoms with Crippen LogP contribution in [0.4, 0.5) is 0 Å². The predicted molar refractivity (Wildman–Crippen MR) is 165 cm³/mol. The molecule has 4 rings (SSSR count). The van der Waals surface area contributed by atoms with Gasteiger partial charge in [0.25, 0.3) is 5.91 Å². The minimum atomic E-state index is -1.04. The summed E-state index contributed by atoms with van der Waals surface area (Å²) in [6.07, 6.45) is 6.24. The molecule has 0 spiro atoms. The summed E-state index contributed by atoms with van der Waals surface area (Å²) in [5.41, 5.74) is 5.02. The molecule has 0 unspecified atom stereocenters. The van der Waals surface area contributed by atoms with Crippen molar-refractivity contribution in [2.75, 3.05) is 12.0 Å². The number of benzene rings is 4. The maximum atomic E-state index is 13.3. The Hall–Kier alpha value is -4.00. The van der Waals surface area contributed by atoms with Gasteiger partial charge in [0, 0.05) is 10.6 Å². The topological polar surface area (TPSA) is 75.6 Å². The molecule has 2 N–H and O–H groups in total. The van der Waals surface area contributed by atoms with Crippen molar-refractivity contribution in [3.63, 3.8) is 0 Å². The molecule has 0 heterocycles. The van der Waals surface area contributed by atoms with E-state index < -0.39 is 17.9 Å². The zero-order chi connectivity index (χ0) is 28.5. The molecule has 5 nitrogen and oxygen atoms in total. The Balaban J connectivity index is 1.57. The fourth-order valence-electron chi connectivity index (χ4n) is 4.17. The van der Waals surface area contributed by atoms with E-state index in [0.717, 1.165) is 27.8 Å². The van der Waals surface area contributed by atoms with Gasteiger partial charge < -0.3 is 15.2 Å². The molecule has 1 atom stereocenters. The van der Waals surface area contributed by atoms with Crippen LogP contribution in [0.1, 0.15) is 33.5 Å². The molecular weight excluding hydrogens is 542 g/mol. The molecule has 0 radical (unpaired) electrons. The third kappa shape index (κ3) is 7.78. The lowest BCUT2D eigenvalue weighted by atomic mass is 9.93. The Morgan fingerprint density at radius 1 is 0.900 bits per heavy atom. The van der Waals surface area contributed by atoms with Gasteiger partial charge in [-0.3, -0.25) is 4.79 Å². The van der Waals surface area contributed by atoms with Gasteiger partial charge in [-0.1, -0.05) is 66.2 Å². The van der Waals surface area contributed by atoms with Crippen molar-refractivity contribution in [2.24, 2.45) is 0 Å². The highest BCUT2D eigenvalue weighted by molar-refractivity contribution is 7.98. The summed E-state index contributed by atoms with van der Waals surface area (Å²) in [6, 6.07) is 27.4. The van der Waals surface area contributed by atoms with Crippen molar-refractivity contribution < 1.29 is 19.4 Å². The van der Waals surface area contributed by atoms with Crippen LogP contribution >= 0.6 is 23.4 Å². The Labute approximate surface area is 243 Å². The third-order valence-corrected chi connectivity index (χ3v) is 7.23. The van der Waals surface area contributed by atoms with Crippen LogP contribution in [0, 0.1) is 6.92 Å². The lowest BCUT2D eigenvalue weighted by molar-refractivity contribution is -0.139. The van der Waals surface area contributed by atoms with Gasteiger partial charge in [-0.2, -0.15) is 11.8 Å². The summed E-state index contributed by atoms with van der Waals surface area (Å²) >= 11 is 7.49. The van der Waals surface area contributed by atoms with Gasteiger partial charge in [0.2, 0.25) is 0 Å². The van der Waals surface area contributed by atoms with Crippen molar-refractivity contribution >= 4 is 47.4 Å². The lowest BCUT2D eigenvalue weighted by Crippen LogP contribution is -2.41. The smallest absolute Gasteiger partial charge is 0.326 e. The average Bonchev–Trinajstić information content (AvgIpc) is 2.96. The van der Waals surface area contributed by atoms with Crippen LogP contribution in [-0.4, -0.2) is 35.0 Å². The average molecular weight is 572 g/mol. The first kappa shape index (κ1) is 29.0. The number of thioether (sulfide) groups is 1. The van der Waals surface area contributed by atoms with E-state index in [9.17, 15) is 14.7 Å². The highest BCUT2D eigenvalue weighted by atomic mass is 35.5. The summed E-state index contributed by atoms with van der Waals surface area (Å²) < 4.78 is 5.87. The second-order valence-corrected chi connectivity index (χ2v) is 10.6. The number of ether oxygens (including phenoxy) is 1. The fraction of sp³-hybridized carbons (Fsp3) is 0.152. The minimum Gasteiger partial charge on any atom is -0.480 e. The van der Waals surface area contributed by atoms with Gasteiger partial charge in [-0.25, -0.2) is 4.79 Å². The first-order chi connectivity index (χ1) is 19.3. The molecule has 40 heavy (non-hydrogen) atoms. The number of rotatable bonds is 11. The molecule has 4 aromatic rings. The number of hydrogen-bond donors (Lipinski definition) is 2. The van der Waals surface area contributed by atoms with E-state index >= 15 is 0 Å². The molecule has 0 aliphatic rings. The zero-order valence-corrected chi connectivity index (χ0v) is 23.8. The number of carboxylic acid groups (broad SMARTS) is 1. The van der Waals surface area contributed by atoms with Crippen molar-refractivity contribution in [3.8, 4) is 22.6 Å². The number of amides is 1. The van der Waals surface area contributed by atoms with Crippen LogP contribution in [0.3, 0.4) is 0 Å². The molecule has 0 aliphatic carbocycles. The summed E-state index contributed by atoms with van der Waals surface area (Å²) in [6.45, 7) is 1.99. The van der Waals surface area contributed by atoms with Crippen LogP contribution < -0.4 is 10.1 Å². The summed E-state index contributed by atoms with van der Waals surface area (Å²) in [5, 5.41) is 13.0. The van der Waals surface area contributed by atoms with Crippen LogP contribution in [0.2, 0.25) is 5.02 Å². The molecule has 0 bridgehead atoms. The van der Waals surface area contributed by atoms with Gasteiger partial charge in [0.05, 0.1) is 0 Å². The van der Waals surface area contributed by atoms with E-state index in [4.69, 9.17) is 16.3 Å². The number of aryl methyl sites for hydroxylation is 1. The SMILES string of the molecule is CSCC[C@H](NC(=O)c1ccc(C=Cc2ccc(Oc3ccc(Cl)cc3)cc2)cc1-c1ccccc1C)C(=O)O. The van der Waals surface area contributed by atoms with Gasteiger partial charge in [0.1, 0.15) is 17.5 Å². The van der Waals surface area contributed by atoms with E-state index in [1.807, 2.05) is 98.1 Å². The number of hydrogen-bond acceptors (Lipinski definition) is 4. The first-order valence-electron chi connectivity index (χ1n) is 12.8. The van der Waals surface area contributed by atoms with E-state index in [2.05, 4.69) is 5.32 Å². The number of aliphatic carboxylic acids is 1. The third-order valence-electron chi connectivity index (χ3n) is 6.34. The molecule has 0 aliphatic heterocycles. The standard InChI is InChI=1S/C33H30ClNO4S/c1-22-5-3-4-6-28(22)30-21-24(11-18-29(30)32(36)35-31(33(37)38)19-20-40-2)8-7-23-9-14-26(15-10-23)39-27-16-12-25(34)13-17-27/h3-18,21,31H,19-20H2,1-2H3,(H,35,36)(H,37,38)/t31-/m0/s1. The summed E-state index contributed by atoms with van der Waals surface area (Å²) in [5.74, 6) is 0.621. The zero-order valence-electron chi connectivity index (χ0n) is 22.3. The lowest BCUT2D eigenvalue weighted by Gasteiger charge is -2.17. The van der Waals surface area contributed by atoms with E-state index in [1.165, 1.54) is 0 Å². The van der Waals surface area contributed by atoms with Crippen LogP contribution in [0.5, 0.6) is 11.5 Å². The highest BCUT2D eigenvalue weighted by Gasteiger charge is 2.22. The largest absolute Gasteiger partial charge is 0.480 e. The molecule has 0 saturated carbocycles. The van der Waals surface area contributed by atoms with E-state index in [0.29, 0.717) is 34.3 Å². The van der Waals surface area contributed by atoms with Gasteiger partial charge in [-0.15, -0.1) is 0 Å². The Bertz CT molecular complexity index is 1500. The van der Waals surface area contributed by atoms with Crippen LogP contribution in [0.25, 0.3) is 23.3 Å². The monoisotopic (exact) mass is 571 g/mol. The number of nitrogens with one attached hydrogen (secondary N) is 1. The maximum Gasteiger partial charge on any atom is 0.326 e. The summed E-state index contributed by atoms with van der Waals surface area (Å²) in [7, 11) is 0. The molecule has 7 heteroatoms. The molecule has 0 aromatic heterocycles. The van der Waals surface area contributed by atoms with Crippen molar-refractivity contribution in [1.82, 2.24) is 5.32 Å². The normalized spacial score (nSPS) is 11.8. The van der Waals surface area contributed by atoms with Crippen molar-refractivity contribution in [3.05, 3.63) is 118 Å². The summed E-state index contributed by atoms with van der Waals surface area (Å²) in [4.78, 5) is 25.0. The van der Waals surface area contributed by atoms with Crippen molar-refractivity contribution in [2.45, 2.75) is 19.4 Å². The molecular formula is C33H30ClNO4S. The molecule has 1 amide bonds. The molecule has 204 valence electrons. The first-order valence-corrected chi connectivity index (χ1v) is 14.6. The van der Waals surface area contributed by atoms with E-state index in [1.54, 1.807) is 30.0 Å². The Morgan fingerprint density at radius 3 is 2.17 bits per heavy atom. The van der Waals surface area contributed by atoms with Gasteiger partial charge in [0.15, 0.2) is 0 Å². The van der Waals surface area contributed by atoms with E-state index in [-0.39, 0.29) is 0 Å².